The van der Waals surface area contributed by atoms with E-state index in [1.807, 2.05) is 6.07 Å². The van der Waals surface area contributed by atoms with Gasteiger partial charge >= 0.3 is 0 Å². The van der Waals surface area contributed by atoms with Gasteiger partial charge in [-0.05, 0) is 55.3 Å². The van der Waals surface area contributed by atoms with Crippen molar-refractivity contribution in [2.45, 2.75) is 51.6 Å². The van der Waals surface area contributed by atoms with Crippen LogP contribution in [0.3, 0.4) is 0 Å². The molecule has 0 saturated carbocycles. The molecule has 0 atom stereocenters. The number of amides is 1. The van der Waals surface area contributed by atoms with Crippen molar-refractivity contribution in [3.05, 3.63) is 59.2 Å². The molecule has 0 bridgehead atoms. The Bertz CT molecular complexity index is 935. The molecule has 2 aliphatic heterocycles. The van der Waals surface area contributed by atoms with Crippen molar-refractivity contribution in [3.8, 4) is 11.5 Å². The number of carbonyl (C=O) groups is 2. The van der Waals surface area contributed by atoms with Crippen LogP contribution in [-0.4, -0.2) is 42.9 Å². The number of ether oxygens (including phenoxy) is 2. The topological polar surface area (TPSA) is 67.9 Å². The summed E-state index contributed by atoms with van der Waals surface area (Å²) < 4.78 is 11.0. The van der Waals surface area contributed by atoms with Crippen LogP contribution < -0.4 is 14.8 Å². The molecule has 170 valence electrons. The second-order valence-electron chi connectivity index (χ2n) is 8.52. The minimum absolute atomic E-state index is 0.0707. The summed E-state index contributed by atoms with van der Waals surface area (Å²) >= 11 is 0. The van der Waals surface area contributed by atoms with E-state index in [4.69, 9.17) is 9.47 Å². The van der Waals surface area contributed by atoms with Gasteiger partial charge in [0.2, 0.25) is 5.91 Å². The first-order valence-electron chi connectivity index (χ1n) is 11.7. The van der Waals surface area contributed by atoms with Crippen molar-refractivity contribution in [2.75, 3.05) is 26.3 Å². The Hall–Kier alpha value is -2.86. The van der Waals surface area contributed by atoms with Crippen molar-refractivity contribution in [1.82, 2.24) is 10.2 Å². The molecule has 0 unspecified atom stereocenters. The molecule has 2 heterocycles. The predicted molar refractivity (Wildman–Crippen MR) is 123 cm³/mol. The van der Waals surface area contributed by atoms with Gasteiger partial charge in [0, 0.05) is 31.5 Å². The number of hydrogen-bond donors (Lipinski definition) is 1. The van der Waals surface area contributed by atoms with E-state index in [2.05, 4.69) is 28.4 Å². The second kappa shape index (κ2) is 11.1. The highest BCUT2D eigenvalue weighted by atomic mass is 16.6. The molecule has 0 aromatic heterocycles. The number of carbonyl (C=O) groups excluding carboxylic acids is 2. The van der Waals surface area contributed by atoms with E-state index in [-0.39, 0.29) is 24.5 Å². The molecular weight excluding hydrogens is 404 g/mol. The minimum Gasteiger partial charge on any atom is -0.486 e. The summed E-state index contributed by atoms with van der Waals surface area (Å²) in [7, 11) is 0. The lowest BCUT2D eigenvalue weighted by Gasteiger charge is -2.21. The molecule has 0 radical (unpaired) electrons. The molecule has 1 amide bonds. The Morgan fingerprint density at radius 2 is 1.56 bits per heavy atom. The van der Waals surface area contributed by atoms with Gasteiger partial charge < -0.3 is 14.8 Å². The van der Waals surface area contributed by atoms with E-state index >= 15 is 0 Å². The molecule has 32 heavy (non-hydrogen) atoms. The van der Waals surface area contributed by atoms with Crippen LogP contribution in [0.4, 0.5) is 0 Å². The lowest BCUT2D eigenvalue weighted by molar-refractivity contribution is -0.121. The van der Waals surface area contributed by atoms with Gasteiger partial charge in [-0.25, -0.2) is 0 Å². The van der Waals surface area contributed by atoms with E-state index in [0.29, 0.717) is 36.8 Å². The van der Waals surface area contributed by atoms with Crippen LogP contribution in [0, 0.1) is 0 Å². The number of likely N-dealkylation sites (tertiary alicyclic amines) is 1. The van der Waals surface area contributed by atoms with Crippen LogP contribution in [-0.2, 0) is 17.9 Å². The van der Waals surface area contributed by atoms with Crippen molar-refractivity contribution in [1.29, 1.82) is 0 Å². The van der Waals surface area contributed by atoms with Crippen LogP contribution in [0.1, 0.15) is 60.0 Å². The number of ketones is 1. The second-order valence-corrected chi connectivity index (χ2v) is 8.52. The minimum atomic E-state index is -0.111. The van der Waals surface area contributed by atoms with Crippen molar-refractivity contribution in [2.24, 2.45) is 0 Å². The molecule has 6 heteroatoms. The number of hydrogen-bond acceptors (Lipinski definition) is 5. The van der Waals surface area contributed by atoms with Crippen LogP contribution in [0.5, 0.6) is 11.5 Å². The van der Waals surface area contributed by atoms with E-state index in [1.165, 1.54) is 31.2 Å². The zero-order valence-electron chi connectivity index (χ0n) is 18.6. The van der Waals surface area contributed by atoms with E-state index in [1.54, 1.807) is 18.2 Å². The fraction of sp³-hybridized carbons (Fsp3) is 0.462. The summed E-state index contributed by atoms with van der Waals surface area (Å²) in [6.45, 7) is 4.69. The van der Waals surface area contributed by atoms with Crippen molar-refractivity contribution < 1.29 is 19.1 Å². The fourth-order valence-electron chi connectivity index (χ4n) is 4.29. The van der Waals surface area contributed by atoms with Gasteiger partial charge in [0.1, 0.15) is 13.2 Å². The first-order valence-corrected chi connectivity index (χ1v) is 11.7. The molecule has 1 saturated heterocycles. The largest absolute Gasteiger partial charge is 0.486 e. The average molecular weight is 437 g/mol. The number of nitrogens with one attached hydrogen (secondary N) is 1. The lowest BCUT2D eigenvalue weighted by Crippen LogP contribution is -2.27. The summed E-state index contributed by atoms with van der Waals surface area (Å²) in [5, 5.41) is 2.99. The molecule has 1 fully saturated rings. The van der Waals surface area contributed by atoms with Crippen molar-refractivity contribution >= 4 is 11.7 Å². The highest BCUT2D eigenvalue weighted by Gasteiger charge is 2.16. The van der Waals surface area contributed by atoms with Gasteiger partial charge in [-0.2, -0.15) is 0 Å². The van der Waals surface area contributed by atoms with Crippen LogP contribution in [0.2, 0.25) is 0 Å². The number of benzene rings is 2. The quantitative estimate of drug-likeness (QED) is 0.631. The first kappa shape index (κ1) is 22.3. The standard InChI is InChI=1S/C26H32N2O4/c29-23(20-9-11-24-25(17-20)32-16-15-31-24)10-12-26(30)27-18-21-7-3-4-8-22(21)19-28-13-5-1-2-6-14-28/h3-4,7-9,11,17H,1-2,5-6,10,12-16,18-19H2,(H,27,30). The first-order chi connectivity index (χ1) is 15.7. The van der Waals surface area contributed by atoms with Crippen LogP contribution >= 0.6 is 0 Å². The Kier molecular flexibility index (Phi) is 7.77. The predicted octanol–water partition coefficient (Wildman–Crippen LogP) is 4.11. The zero-order valence-corrected chi connectivity index (χ0v) is 18.6. The number of fused-ring (bicyclic) bond motifs is 1. The maximum absolute atomic E-state index is 12.5. The Labute approximate surface area is 189 Å². The lowest BCUT2D eigenvalue weighted by atomic mass is 10.0. The highest BCUT2D eigenvalue weighted by molar-refractivity contribution is 5.98. The Balaban J connectivity index is 1.26. The summed E-state index contributed by atoms with van der Waals surface area (Å²) in [5.41, 5.74) is 2.95. The molecule has 0 aliphatic carbocycles. The van der Waals surface area contributed by atoms with E-state index in [0.717, 1.165) is 25.2 Å². The van der Waals surface area contributed by atoms with Gasteiger partial charge in [0.05, 0.1) is 0 Å². The van der Waals surface area contributed by atoms with Gasteiger partial charge in [-0.15, -0.1) is 0 Å². The molecule has 2 aromatic rings. The monoisotopic (exact) mass is 436 g/mol. The average Bonchev–Trinajstić information content (AvgIpc) is 3.10. The van der Waals surface area contributed by atoms with Gasteiger partial charge in [0.25, 0.3) is 0 Å². The van der Waals surface area contributed by atoms with E-state index in [9.17, 15) is 9.59 Å². The molecule has 2 aliphatic rings. The summed E-state index contributed by atoms with van der Waals surface area (Å²) in [6.07, 6.45) is 5.49. The number of nitrogens with zero attached hydrogens (tertiary/aromatic N) is 1. The molecule has 1 N–H and O–H groups in total. The number of Topliss-reactive ketones (excluding diaryl/α,β-unsaturated/α-hetero) is 1. The maximum atomic E-state index is 12.5. The van der Waals surface area contributed by atoms with Crippen LogP contribution in [0.15, 0.2) is 42.5 Å². The van der Waals surface area contributed by atoms with Gasteiger partial charge in [0.15, 0.2) is 17.3 Å². The van der Waals surface area contributed by atoms with Crippen molar-refractivity contribution in [3.63, 3.8) is 0 Å². The molecule has 0 spiro atoms. The molecule has 2 aromatic carbocycles. The molecular formula is C26H32N2O4. The maximum Gasteiger partial charge on any atom is 0.220 e. The van der Waals surface area contributed by atoms with Gasteiger partial charge in [-0.1, -0.05) is 37.1 Å². The Morgan fingerprint density at radius 1 is 0.844 bits per heavy atom. The highest BCUT2D eigenvalue weighted by Crippen LogP contribution is 2.31. The zero-order chi connectivity index (χ0) is 22.2. The fourth-order valence-corrected chi connectivity index (χ4v) is 4.29. The third-order valence-electron chi connectivity index (χ3n) is 6.13. The summed E-state index contributed by atoms with van der Waals surface area (Å²) in [5.74, 6) is 1.07. The Morgan fingerprint density at radius 3 is 2.34 bits per heavy atom. The van der Waals surface area contributed by atoms with E-state index < -0.39 is 0 Å². The SMILES string of the molecule is O=C(CCC(=O)c1ccc2c(c1)OCCO2)NCc1ccccc1CN1CCCCCC1. The smallest absolute Gasteiger partial charge is 0.220 e. The van der Waals surface area contributed by atoms with Gasteiger partial charge in [-0.3, -0.25) is 14.5 Å². The van der Waals surface area contributed by atoms with Crippen LogP contribution in [0.25, 0.3) is 0 Å². The molecule has 6 nitrogen and oxygen atoms in total. The summed E-state index contributed by atoms with van der Waals surface area (Å²) in [6, 6.07) is 13.5. The third kappa shape index (κ3) is 6.10. The molecule has 4 rings (SSSR count). The summed E-state index contributed by atoms with van der Waals surface area (Å²) in [4.78, 5) is 27.5. The number of rotatable bonds is 8. The third-order valence-corrected chi connectivity index (χ3v) is 6.13. The normalized spacial score (nSPS) is 16.2.